The van der Waals surface area contributed by atoms with Gasteiger partial charge in [-0.1, -0.05) is 55.5 Å². The fourth-order valence-electron chi connectivity index (χ4n) is 3.98. The number of benzene rings is 3. The maximum atomic E-state index is 10.9. The van der Waals surface area contributed by atoms with E-state index in [1.165, 1.54) is 16.7 Å². The van der Waals surface area contributed by atoms with E-state index in [0.29, 0.717) is 17.7 Å². The number of nitriles is 1. The third-order valence-electron chi connectivity index (χ3n) is 5.46. The van der Waals surface area contributed by atoms with E-state index in [-0.39, 0.29) is 12.5 Å². The second-order valence-corrected chi connectivity index (χ2v) is 8.11. The Bertz CT molecular complexity index is 1120. The van der Waals surface area contributed by atoms with Crippen LogP contribution in [0.25, 0.3) is 22.3 Å². The zero-order valence-electron chi connectivity index (χ0n) is 18.9. The molecule has 0 heterocycles. The molecule has 164 valence electrons. The van der Waals surface area contributed by atoms with Crippen LogP contribution in [-0.2, 0) is 17.6 Å². The van der Waals surface area contributed by atoms with Crippen LogP contribution in [0, 0.1) is 11.3 Å². The second-order valence-electron chi connectivity index (χ2n) is 8.11. The first-order valence-corrected chi connectivity index (χ1v) is 11.1. The highest BCUT2D eigenvalue weighted by atomic mass is 16.5. The summed E-state index contributed by atoms with van der Waals surface area (Å²) in [6.07, 6.45) is 2.50. The number of carbonyl (C=O) groups is 1. The molecule has 0 saturated carbocycles. The Labute approximate surface area is 190 Å². The zero-order chi connectivity index (χ0) is 23.1. The minimum absolute atomic E-state index is 0.0138. The molecule has 32 heavy (non-hydrogen) atoms. The normalized spacial score (nSPS) is 10.7. The zero-order valence-corrected chi connectivity index (χ0v) is 18.9. The molecule has 3 rings (SSSR count). The number of aliphatic carboxylic acids is 1. The molecule has 4 nitrogen and oxygen atoms in total. The predicted octanol–water partition coefficient (Wildman–Crippen LogP) is 6.65. The van der Waals surface area contributed by atoms with Crippen LogP contribution >= 0.6 is 0 Å². The smallest absolute Gasteiger partial charge is 0.303 e. The van der Waals surface area contributed by atoms with Gasteiger partial charge in [-0.25, -0.2) is 0 Å². The van der Waals surface area contributed by atoms with Crippen LogP contribution in [-0.4, -0.2) is 17.2 Å². The molecule has 0 amide bonds. The second kappa shape index (κ2) is 10.6. The van der Waals surface area contributed by atoms with Gasteiger partial charge in [-0.2, -0.15) is 5.26 Å². The van der Waals surface area contributed by atoms with Crippen molar-refractivity contribution >= 4 is 5.97 Å². The van der Waals surface area contributed by atoms with Crippen LogP contribution in [0.4, 0.5) is 0 Å². The highest BCUT2D eigenvalue weighted by Gasteiger charge is 2.11. The minimum atomic E-state index is -0.752. The summed E-state index contributed by atoms with van der Waals surface area (Å²) in [6.45, 7) is 6.02. The van der Waals surface area contributed by atoms with E-state index >= 15 is 0 Å². The number of rotatable bonds is 9. The van der Waals surface area contributed by atoms with Gasteiger partial charge in [0, 0.05) is 6.42 Å². The Kier molecular flexibility index (Phi) is 7.68. The lowest BCUT2D eigenvalue weighted by atomic mass is 9.90. The molecule has 0 unspecified atom stereocenters. The third-order valence-corrected chi connectivity index (χ3v) is 5.46. The molecule has 0 saturated heterocycles. The van der Waals surface area contributed by atoms with Gasteiger partial charge in [0.2, 0.25) is 0 Å². The first kappa shape index (κ1) is 23.1. The SMILES string of the molecule is CCc1c(CCCC(=O)O)cccc1-c1ccc(-c2ccc(OC(C)C)c(C#N)c2)cc1. The van der Waals surface area contributed by atoms with Crippen LogP contribution < -0.4 is 4.74 Å². The highest BCUT2D eigenvalue weighted by molar-refractivity contribution is 5.74. The summed E-state index contributed by atoms with van der Waals surface area (Å²) >= 11 is 0. The topological polar surface area (TPSA) is 70.3 Å². The molecule has 0 fully saturated rings. The average Bonchev–Trinajstić information content (AvgIpc) is 2.78. The number of carboxylic acid groups (broad SMARTS) is 1. The van der Waals surface area contributed by atoms with Crippen molar-refractivity contribution in [2.45, 2.75) is 52.6 Å². The third kappa shape index (κ3) is 5.56. The maximum Gasteiger partial charge on any atom is 0.303 e. The van der Waals surface area contributed by atoms with Gasteiger partial charge in [0.25, 0.3) is 0 Å². The summed E-state index contributed by atoms with van der Waals surface area (Å²) in [5.41, 5.74) is 7.35. The summed E-state index contributed by atoms with van der Waals surface area (Å²) in [5, 5.41) is 18.4. The molecular weight excluding hydrogens is 398 g/mol. The van der Waals surface area contributed by atoms with E-state index in [1.54, 1.807) is 0 Å². The van der Waals surface area contributed by atoms with E-state index in [1.807, 2.05) is 38.1 Å². The van der Waals surface area contributed by atoms with E-state index < -0.39 is 5.97 Å². The summed E-state index contributed by atoms with van der Waals surface area (Å²) < 4.78 is 5.73. The van der Waals surface area contributed by atoms with Gasteiger partial charge >= 0.3 is 5.97 Å². The van der Waals surface area contributed by atoms with Crippen LogP contribution in [0.1, 0.15) is 50.3 Å². The summed E-state index contributed by atoms with van der Waals surface area (Å²) in [4.78, 5) is 10.9. The van der Waals surface area contributed by atoms with Crippen LogP contribution in [0.15, 0.2) is 60.7 Å². The van der Waals surface area contributed by atoms with Crippen molar-refractivity contribution < 1.29 is 14.6 Å². The van der Waals surface area contributed by atoms with E-state index in [4.69, 9.17) is 9.84 Å². The standard InChI is InChI=1S/C28H29NO3/c1-4-25-21(8-6-10-28(30)31)7-5-9-26(25)22-13-11-20(12-14-22)23-15-16-27(32-19(2)3)24(17-23)18-29/h5,7,9,11-17,19H,4,6,8,10H2,1-3H3,(H,30,31). The van der Waals surface area contributed by atoms with Crippen molar-refractivity contribution in [1.82, 2.24) is 0 Å². The van der Waals surface area contributed by atoms with Crippen molar-refractivity contribution in [1.29, 1.82) is 5.26 Å². The molecule has 0 aliphatic rings. The Balaban J connectivity index is 1.87. The largest absolute Gasteiger partial charge is 0.490 e. The van der Waals surface area contributed by atoms with Crippen LogP contribution in [0.3, 0.4) is 0 Å². The first-order valence-electron chi connectivity index (χ1n) is 11.1. The fourth-order valence-corrected chi connectivity index (χ4v) is 3.98. The maximum absolute atomic E-state index is 10.9. The molecule has 3 aromatic carbocycles. The molecular formula is C28H29NO3. The number of aryl methyl sites for hydroxylation is 1. The van der Waals surface area contributed by atoms with Crippen molar-refractivity contribution in [3.63, 3.8) is 0 Å². The molecule has 0 radical (unpaired) electrons. The molecule has 0 bridgehead atoms. The molecule has 0 atom stereocenters. The van der Waals surface area contributed by atoms with Gasteiger partial charge in [-0.15, -0.1) is 0 Å². The van der Waals surface area contributed by atoms with Crippen molar-refractivity contribution in [3.05, 3.63) is 77.4 Å². The molecule has 4 heteroatoms. The van der Waals surface area contributed by atoms with Gasteiger partial charge < -0.3 is 9.84 Å². The van der Waals surface area contributed by atoms with Gasteiger partial charge in [-0.3, -0.25) is 4.79 Å². The van der Waals surface area contributed by atoms with Crippen molar-refractivity contribution in [3.8, 4) is 34.1 Å². The lowest BCUT2D eigenvalue weighted by Gasteiger charge is -2.15. The Morgan fingerprint density at radius 3 is 2.34 bits per heavy atom. The summed E-state index contributed by atoms with van der Waals surface area (Å²) in [5.74, 6) is -0.145. The first-order chi connectivity index (χ1) is 15.4. The van der Waals surface area contributed by atoms with E-state index in [9.17, 15) is 10.1 Å². The Morgan fingerprint density at radius 2 is 1.72 bits per heavy atom. The van der Waals surface area contributed by atoms with Gasteiger partial charge in [0.1, 0.15) is 11.8 Å². The lowest BCUT2D eigenvalue weighted by Crippen LogP contribution is -2.06. The molecule has 0 spiro atoms. The number of ether oxygens (including phenoxy) is 1. The lowest BCUT2D eigenvalue weighted by molar-refractivity contribution is -0.137. The number of carboxylic acids is 1. The van der Waals surface area contributed by atoms with Crippen molar-refractivity contribution in [2.75, 3.05) is 0 Å². The molecule has 0 aromatic heterocycles. The predicted molar refractivity (Wildman–Crippen MR) is 128 cm³/mol. The summed E-state index contributed by atoms with van der Waals surface area (Å²) in [7, 11) is 0. The fraction of sp³-hybridized carbons (Fsp3) is 0.286. The van der Waals surface area contributed by atoms with Crippen molar-refractivity contribution in [2.24, 2.45) is 0 Å². The molecule has 3 aromatic rings. The van der Waals surface area contributed by atoms with Gasteiger partial charge in [0.15, 0.2) is 0 Å². The van der Waals surface area contributed by atoms with Crippen LogP contribution in [0.2, 0.25) is 0 Å². The molecule has 1 N–H and O–H groups in total. The van der Waals surface area contributed by atoms with E-state index in [0.717, 1.165) is 29.5 Å². The highest BCUT2D eigenvalue weighted by Crippen LogP contribution is 2.31. The minimum Gasteiger partial charge on any atom is -0.490 e. The number of hydrogen-bond donors (Lipinski definition) is 1. The monoisotopic (exact) mass is 427 g/mol. The number of nitrogens with zero attached hydrogens (tertiary/aromatic N) is 1. The van der Waals surface area contributed by atoms with Gasteiger partial charge in [0.05, 0.1) is 11.7 Å². The average molecular weight is 428 g/mol. The van der Waals surface area contributed by atoms with E-state index in [2.05, 4.69) is 49.4 Å². The molecule has 0 aliphatic heterocycles. The Morgan fingerprint density at radius 1 is 1.03 bits per heavy atom. The molecule has 0 aliphatic carbocycles. The summed E-state index contributed by atoms with van der Waals surface area (Å²) in [6, 6.07) is 22.6. The Hall–Kier alpha value is -3.58. The van der Waals surface area contributed by atoms with Crippen LogP contribution in [0.5, 0.6) is 5.75 Å². The number of hydrogen-bond acceptors (Lipinski definition) is 3. The van der Waals surface area contributed by atoms with Gasteiger partial charge in [-0.05, 0) is 78.6 Å². The quantitative estimate of drug-likeness (QED) is 0.415.